The molecule has 0 aliphatic rings. The van der Waals surface area contributed by atoms with Crippen molar-refractivity contribution >= 4 is 23.8 Å². The van der Waals surface area contributed by atoms with Gasteiger partial charge in [0.05, 0.1) is 27.0 Å². The first-order chi connectivity index (χ1) is 13.0. The second-order valence-corrected chi connectivity index (χ2v) is 5.28. The van der Waals surface area contributed by atoms with E-state index < -0.39 is 18.5 Å². The lowest BCUT2D eigenvalue weighted by atomic mass is 10.1. The van der Waals surface area contributed by atoms with Gasteiger partial charge in [-0.25, -0.2) is 4.79 Å². The third-order valence-electron chi connectivity index (χ3n) is 3.34. The minimum atomic E-state index is -0.687. The summed E-state index contributed by atoms with van der Waals surface area (Å²) in [5.74, 6) is 0.298. The van der Waals surface area contributed by atoms with Crippen LogP contribution in [0.1, 0.15) is 11.3 Å². The van der Waals surface area contributed by atoms with Crippen molar-refractivity contribution in [3.8, 4) is 17.2 Å². The Balaban J connectivity index is 1.94. The number of anilines is 1. The maximum atomic E-state index is 11.8. The molecule has 0 radical (unpaired) electrons. The first-order valence-electron chi connectivity index (χ1n) is 7.84. The summed E-state index contributed by atoms with van der Waals surface area (Å²) in [5, 5.41) is 6.05. The van der Waals surface area contributed by atoms with Crippen molar-refractivity contribution in [2.24, 2.45) is 0 Å². The van der Waals surface area contributed by atoms with Gasteiger partial charge in [0, 0.05) is 12.1 Å². The zero-order chi connectivity index (χ0) is 19.8. The fourth-order valence-corrected chi connectivity index (χ4v) is 2.14. The number of ether oxygens (including phenoxy) is 4. The molecule has 0 bridgehead atoms. The van der Waals surface area contributed by atoms with E-state index >= 15 is 0 Å². The zero-order valence-corrected chi connectivity index (χ0v) is 15.4. The molecule has 1 aromatic heterocycles. The first kappa shape index (κ1) is 19.8. The molecular weight excluding hydrogens is 356 g/mol. The predicted octanol–water partition coefficient (Wildman–Crippen LogP) is 2.20. The van der Waals surface area contributed by atoms with Crippen LogP contribution in [0.4, 0.5) is 5.88 Å². The first-order valence-corrected chi connectivity index (χ1v) is 7.84. The Morgan fingerprint density at radius 2 is 1.78 bits per heavy atom. The third-order valence-corrected chi connectivity index (χ3v) is 3.34. The number of nitrogens with one attached hydrogen (secondary N) is 1. The standard InChI is InChI=1S/C18H20N2O7/c1-11-7-16(27-20-11)19-15(21)10-26-17(22)6-5-12-8-13(23-2)18(25-4)14(9-12)24-3/h5-9H,10H2,1-4H3,(H,19,21)/b6-5+. The van der Waals surface area contributed by atoms with Gasteiger partial charge in [0.1, 0.15) is 0 Å². The largest absolute Gasteiger partial charge is 0.493 e. The molecule has 0 fully saturated rings. The molecule has 0 aliphatic heterocycles. The van der Waals surface area contributed by atoms with Crippen molar-refractivity contribution in [1.82, 2.24) is 5.16 Å². The van der Waals surface area contributed by atoms with E-state index in [9.17, 15) is 9.59 Å². The van der Waals surface area contributed by atoms with E-state index in [1.165, 1.54) is 33.5 Å². The van der Waals surface area contributed by atoms with Crippen LogP contribution >= 0.6 is 0 Å². The summed E-state index contributed by atoms with van der Waals surface area (Å²) < 4.78 is 25.4. The van der Waals surface area contributed by atoms with Gasteiger partial charge in [-0.2, -0.15) is 0 Å². The fourth-order valence-electron chi connectivity index (χ4n) is 2.14. The molecule has 1 amide bonds. The van der Waals surface area contributed by atoms with Gasteiger partial charge in [0.2, 0.25) is 11.6 Å². The molecular formula is C18H20N2O7. The second-order valence-electron chi connectivity index (χ2n) is 5.28. The van der Waals surface area contributed by atoms with E-state index in [-0.39, 0.29) is 5.88 Å². The summed E-state index contributed by atoms with van der Waals surface area (Å²) in [5.41, 5.74) is 1.25. The highest BCUT2D eigenvalue weighted by Crippen LogP contribution is 2.38. The summed E-state index contributed by atoms with van der Waals surface area (Å²) in [6.45, 7) is 1.26. The van der Waals surface area contributed by atoms with E-state index in [0.29, 0.717) is 28.5 Å². The Kier molecular flexibility index (Phi) is 6.81. The van der Waals surface area contributed by atoms with Crippen LogP contribution in [0.15, 0.2) is 28.8 Å². The number of aromatic nitrogens is 1. The molecule has 1 N–H and O–H groups in total. The number of rotatable bonds is 8. The number of esters is 1. The third kappa shape index (κ3) is 5.50. The van der Waals surface area contributed by atoms with Crippen LogP contribution < -0.4 is 19.5 Å². The van der Waals surface area contributed by atoms with Crippen molar-refractivity contribution in [3.63, 3.8) is 0 Å². The maximum absolute atomic E-state index is 11.8. The van der Waals surface area contributed by atoms with Gasteiger partial charge in [-0.1, -0.05) is 5.16 Å². The predicted molar refractivity (Wildman–Crippen MR) is 96.0 cm³/mol. The highest BCUT2D eigenvalue weighted by Gasteiger charge is 2.13. The number of benzene rings is 1. The molecule has 0 aliphatic carbocycles. The van der Waals surface area contributed by atoms with Crippen molar-refractivity contribution in [3.05, 3.63) is 35.5 Å². The lowest BCUT2D eigenvalue weighted by Crippen LogP contribution is -2.19. The van der Waals surface area contributed by atoms with Crippen LogP contribution in [0.2, 0.25) is 0 Å². The van der Waals surface area contributed by atoms with Gasteiger partial charge in [-0.3, -0.25) is 10.1 Å². The lowest BCUT2D eigenvalue weighted by molar-refractivity contribution is -0.142. The fraction of sp³-hybridized carbons (Fsp3) is 0.278. The number of nitrogens with zero attached hydrogens (tertiary/aromatic N) is 1. The topological polar surface area (TPSA) is 109 Å². The normalized spacial score (nSPS) is 10.5. The van der Waals surface area contributed by atoms with Crippen LogP contribution in [-0.4, -0.2) is 45.0 Å². The molecule has 1 aromatic carbocycles. The molecule has 9 heteroatoms. The number of aryl methyl sites for hydroxylation is 1. The zero-order valence-electron chi connectivity index (χ0n) is 15.4. The van der Waals surface area contributed by atoms with Crippen molar-refractivity contribution < 1.29 is 33.1 Å². The van der Waals surface area contributed by atoms with Crippen LogP contribution in [-0.2, 0) is 14.3 Å². The Labute approximate surface area is 155 Å². The van der Waals surface area contributed by atoms with Gasteiger partial charge < -0.3 is 23.5 Å². The van der Waals surface area contributed by atoms with Gasteiger partial charge in [0.15, 0.2) is 18.1 Å². The number of amides is 1. The molecule has 0 saturated heterocycles. The minimum absolute atomic E-state index is 0.182. The summed E-state index contributed by atoms with van der Waals surface area (Å²) in [4.78, 5) is 23.5. The van der Waals surface area contributed by atoms with Crippen LogP contribution in [0.25, 0.3) is 6.08 Å². The Morgan fingerprint density at radius 1 is 1.11 bits per heavy atom. The number of carbonyl (C=O) groups is 2. The molecule has 144 valence electrons. The molecule has 1 heterocycles. The van der Waals surface area contributed by atoms with Crippen LogP contribution in [0.3, 0.4) is 0 Å². The summed E-state index contributed by atoms with van der Waals surface area (Å²) in [6, 6.07) is 4.89. The van der Waals surface area contributed by atoms with Crippen molar-refractivity contribution in [1.29, 1.82) is 0 Å². The second kappa shape index (κ2) is 9.27. The number of hydrogen-bond acceptors (Lipinski definition) is 8. The van der Waals surface area contributed by atoms with Crippen LogP contribution in [0.5, 0.6) is 17.2 Å². The van der Waals surface area contributed by atoms with Gasteiger partial charge in [-0.15, -0.1) is 0 Å². The maximum Gasteiger partial charge on any atom is 0.331 e. The highest BCUT2D eigenvalue weighted by atomic mass is 16.5. The van der Waals surface area contributed by atoms with Gasteiger partial charge >= 0.3 is 5.97 Å². The average molecular weight is 376 g/mol. The monoisotopic (exact) mass is 376 g/mol. The Hall–Kier alpha value is -3.49. The molecule has 27 heavy (non-hydrogen) atoms. The van der Waals surface area contributed by atoms with Crippen molar-refractivity contribution in [2.45, 2.75) is 6.92 Å². The van der Waals surface area contributed by atoms with E-state index in [1.807, 2.05) is 0 Å². The molecule has 0 unspecified atom stereocenters. The molecule has 2 aromatic rings. The summed E-state index contributed by atoms with van der Waals surface area (Å²) in [7, 11) is 4.49. The number of carbonyl (C=O) groups excluding carboxylic acids is 2. The van der Waals surface area contributed by atoms with E-state index in [2.05, 4.69) is 10.5 Å². The smallest absolute Gasteiger partial charge is 0.331 e. The van der Waals surface area contributed by atoms with E-state index in [4.69, 9.17) is 23.5 Å². The molecule has 0 spiro atoms. The number of methoxy groups -OCH3 is 3. The van der Waals surface area contributed by atoms with Gasteiger partial charge in [0.25, 0.3) is 5.91 Å². The molecule has 0 atom stereocenters. The van der Waals surface area contributed by atoms with Gasteiger partial charge in [-0.05, 0) is 30.7 Å². The Morgan fingerprint density at radius 3 is 2.30 bits per heavy atom. The van der Waals surface area contributed by atoms with Crippen molar-refractivity contribution in [2.75, 3.05) is 33.3 Å². The quantitative estimate of drug-likeness (QED) is 0.552. The molecule has 9 nitrogen and oxygen atoms in total. The SMILES string of the molecule is COc1cc(/C=C/C(=O)OCC(=O)Nc2cc(C)no2)cc(OC)c1OC. The minimum Gasteiger partial charge on any atom is -0.493 e. The Bertz CT molecular complexity index is 817. The summed E-state index contributed by atoms with van der Waals surface area (Å²) >= 11 is 0. The van der Waals surface area contributed by atoms with Crippen LogP contribution in [0, 0.1) is 6.92 Å². The van der Waals surface area contributed by atoms with E-state index in [1.54, 1.807) is 25.1 Å². The summed E-state index contributed by atoms with van der Waals surface area (Å²) in [6.07, 6.45) is 2.69. The average Bonchev–Trinajstić information content (AvgIpc) is 3.08. The molecule has 0 saturated carbocycles. The lowest BCUT2D eigenvalue weighted by Gasteiger charge is -2.12. The molecule has 2 rings (SSSR count). The number of hydrogen-bond donors (Lipinski definition) is 1. The highest BCUT2D eigenvalue weighted by molar-refractivity contribution is 5.93. The van der Waals surface area contributed by atoms with E-state index in [0.717, 1.165) is 0 Å².